The van der Waals surface area contributed by atoms with Crippen LogP contribution in [0.15, 0.2) is 17.3 Å². The van der Waals surface area contributed by atoms with Crippen molar-refractivity contribution in [1.82, 2.24) is 19.8 Å². The summed E-state index contributed by atoms with van der Waals surface area (Å²) in [6.45, 7) is 6.47. The van der Waals surface area contributed by atoms with E-state index in [0.29, 0.717) is 13.1 Å². The minimum atomic E-state index is -3.37. The number of likely N-dealkylation sites (N-methyl/N-ethyl adjacent to an activating group) is 1. The van der Waals surface area contributed by atoms with Crippen molar-refractivity contribution in [3.05, 3.63) is 12.4 Å². The summed E-state index contributed by atoms with van der Waals surface area (Å²) in [6.07, 6.45) is 2.90. The van der Waals surface area contributed by atoms with E-state index in [0.717, 1.165) is 13.1 Å². The zero-order valence-corrected chi connectivity index (χ0v) is 10.4. The first-order chi connectivity index (χ1) is 7.60. The van der Waals surface area contributed by atoms with Crippen LogP contribution < -0.4 is 10.0 Å². The van der Waals surface area contributed by atoms with Crippen LogP contribution in [0.25, 0.3) is 0 Å². The van der Waals surface area contributed by atoms with Crippen molar-refractivity contribution in [2.45, 2.75) is 25.3 Å². The van der Waals surface area contributed by atoms with Crippen molar-refractivity contribution in [2.24, 2.45) is 0 Å². The van der Waals surface area contributed by atoms with Crippen molar-refractivity contribution >= 4 is 10.0 Å². The zero-order valence-electron chi connectivity index (χ0n) is 9.60. The first-order valence-electron chi connectivity index (χ1n) is 5.33. The minimum absolute atomic E-state index is 0.214. The predicted molar refractivity (Wildman–Crippen MR) is 61.6 cm³/mol. The average molecular weight is 246 g/mol. The second-order valence-corrected chi connectivity index (χ2v) is 5.06. The number of hydrogen-bond donors (Lipinski definition) is 2. The highest BCUT2D eigenvalue weighted by molar-refractivity contribution is 7.89. The first kappa shape index (κ1) is 13.1. The van der Waals surface area contributed by atoms with Gasteiger partial charge in [0.05, 0.1) is 12.7 Å². The Labute approximate surface area is 96.1 Å². The number of sulfonamides is 1. The fraction of sp³-hybridized carbons (Fsp3) is 0.667. The van der Waals surface area contributed by atoms with E-state index in [1.54, 1.807) is 11.6 Å². The van der Waals surface area contributed by atoms with Crippen molar-refractivity contribution < 1.29 is 8.42 Å². The second kappa shape index (κ2) is 5.97. The summed E-state index contributed by atoms with van der Waals surface area (Å²) in [5.74, 6) is 0. The van der Waals surface area contributed by atoms with E-state index in [1.165, 1.54) is 12.4 Å². The molecule has 0 aliphatic rings. The van der Waals surface area contributed by atoms with Gasteiger partial charge in [-0.1, -0.05) is 13.8 Å². The fourth-order valence-electron chi connectivity index (χ4n) is 1.25. The summed E-state index contributed by atoms with van der Waals surface area (Å²) >= 11 is 0. The molecular weight excluding hydrogens is 228 g/mol. The van der Waals surface area contributed by atoms with Crippen LogP contribution in [0, 0.1) is 0 Å². The van der Waals surface area contributed by atoms with Crippen LogP contribution in [0.1, 0.15) is 13.8 Å². The van der Waals surface area contributed by atoms with E-state index in [1.807, 2.05) is 6.92 Å². The molecule has 0 amide bonds. The normalized spacial score (nSPS) is 11.9. The summed E-state index contributed by atoms with van der Waals surface area (Å²) in [6, 6.07) is 0. The molecule has 2 N–H and O–H groups in total. The maximum atomic E-state index is 11.6. The van der Waals surface area contributed by atoms with Crippen LogP contribution in [-0.4, -0.2) is 37.8 Å². The molecule has 0 saturated carbocycles. The van der Waals surface area contributed by atoms with Gasteiger partial charge in [-0.2, -0.15) is 5.10 Å². The number of nitrogens with zero attached hydrogens (tertiary/aromatic N) is 2. The molecule has 0 radical (unpaired) electrons. The molecule has 0 aromatic carbocycles. The number of nitrogens with one attached hydrogen (secondary N) is 2. The van der Waals surface area contributed by atoms with Gasteiger partial charge in [-0.15, -0.1) is 0 Å². The second-order valence-electron chi connectivity index (χ2n) is 3.29. The Kier molecular flexibility index (Phi) is 4.91. The van der Waals surface area contributed by atoms with Gasteiger partial charge in [-0.05, 0) is 6.54 Å². The van der Waals surface area contributed by atoms with Gasteiger partial charge in [-0.25, -0.2) is 13.1 Å². The Morgan fingerprint density at radius 2 is 2.12 bits per heavy atom. The number of hydrogen-bond acceptors (Lipinski definition) is 4. The third-order valence-corrected chi connectivity index (χ3v) is 3.52. The van der Waals surface area contributed by atoms with Crippen LogP contribution in [0.4, 0.5) is 0 Å². The number of aromatic nitrogens is 2. The Bertz CT molecular complexity index is 413. The summed E-state index contributed by atoms with van der Waals surface area (Å²) in [5.41, 5.74) is 0. The van der Waals surface area contributed by atoms with Crippen LogP contribution >= 0.6 is 0 Å². The SMILES string of the molecule is CCNCCn1cc(S(=O)(=O)NCC)cn1. The summed E-state index contributed by atoms with van der Waals surface area (Å²) in [5, 5.41) is 7.14. The highest BCUT2D eigenvalue weighted by Gasteiger charge is 2.14. The molecule has 1 rings (SSSR count). The summed E-state index contributed by atoms with van der Waals surface area (Å²) < 4.78 is 27.2. The molecule has 1 aromatic rings. The lowest BCUT2D eigenvalue weighted by Crippen LogP contribution is -2.23. The smallest absolute Gasteiger partial charge is 0.243 e. The van der Waals surface area contributed by atoms with Crippen LogP contribution in [-0.2, 0) is 16.6 Å². The molecule has 0 fully saturated rings. The van der Waals surface area contributed by atoms with Gasteiger partial charge < -0.3 is 5.32 Å². The molecule has 0 unspecified atom stereocenters. The molecule has 7 heteroatoms. The van der Waals surface area contributed by atoms with Crippen molar-refractivity contribution in [3.63, 3.8) is 0 Å². The molecule has 0 aliphatic heterocycles. The minimum Gasteiger partial charge on any atom is -0.315 e. The predicted octanol–water partition coefficient (Wildman–Crippen LogP) is -0.209. The van der Waals surface area contributed by atoms with E-state index < -0.39 is 10.0 Å². The van der Waals surface area contributed by atoms with E-state index in [-0.39, 0.29) is 4.90 Å². The largest absolute Gasteiger partial charge is 0.315 e. The van der Waals surface area contributed by atoms with Crippen LogP contribution in [0.2, 0.25) is 0 Å². The third kappa shape index (κ3) is 3.58. The van der Waals surface area contributed by atoms with Crippen molar-refractivity contribution in [2.75, 3.05) is 19.6 Å². The molecular formula is C9H18N4O2S. The monoisotopic (exact) mass is 246 g/mol. The van der Waals surface area contributed by atoms with Gasteiger partial charge in [0.1, 0.15) is 4.90 Å². The standard InChI is InChI=1S/C9H18N4O2S/c1-3-10-5-6-13-8-9(7-11-13)16(14,15)12-4-2/h7-8,10,12H,3-6H2,1-2H3. The maximum absolute atomic E-state index is 11.6. The lowest BCUT2D eigenvalue weighted by molar-refractivity contribution is 0.563. The van der Waals surface area contributed by atoms with Gasteiger partial charge in [0.25, 0.3) is 0 Å². The zero-order chi connectivity index (χ0) is 12.0. The Morgan fingerprint density at radius 3 is 2.75 bits per heavy atom. The number of rotatable bonds is 7. The van der Waals surface area contributed by atoms with Gasteiger partial charge in [0, 0.05) is 19.3 Å². The molecule has 16 heavy (non-hydrogen) atoms. The topological polar surface area (TPSA) is 76.0 Å². The highest BCUT2D eigenvalue weighted by atomic mass is 32.2. The van der Waals surface area contributed by atoms with Gasteiger partial charge in [-0.3, -0.25) is 4.68 Å². The molecule has 6 nitrogen and oxygen atoms in total. The van der Waals surface area contributed by atoms with Crippen LogP contribution in [0.3, 0.4) is 0 Å². The van der Waals surface area contributed by atoms with Gasteiger partial charge in [0.2, 0.25) is 10.0 Å². The molecule has 1 aromatic heterocycles. The molecule has 0 bridgehead atoms. The van der Waals surface area contributed by atoms with Crippen LogP contribution in [0.5, 0.6) is 0 Å². The molecule has 1 heterocycles. The van der Waals surface area contributed by atoms with Crippen molar-refractivity contribution in [1.29, 1.82) is 0 Å². The van der Waals surface area contributed by atoms with E-state index >= 15 is 0 Å². The molecule has 0 saturated heterocycles. The first-order valence-corrected chi connectivity index (χ1v) is 6.81. The summed E-state index contributed by atoms with van der Waals surface area (Å²) in [7, 11) is -3.37. The van der Waals surface area contributed by atoms with E-state index in [4.69, 9.17) is 0 Å². The molecule has 0 atom stereocenters. The van der Waals surface area contributed by atoms with E-state index in [2.05, 4.69) is 15.1 Å². The average Bonchev–Trinajstić information content (AvgIpc) is 2.67. The Balaban J connectivity index is 2.64. The molecule has 0 spiro atoms. The third-order valence-electron chi connectivity index (χ3n) is 2.02. The lowest BCUT2D eigenvalue weighted by Gasteiger charge is -2.02. The molecule has 92 valence electrons. The maximum Gasteiger partial charge on any atom is 0.243 e. The Hall–Kier alpha value is -0.920. The fourth-order valence-corrected chi connectivity index (χ4v) is 2.24. The van der Waals surface area contributed by atoms with Gasteiger partial charge in [0.15, 0.2) is 0 Å². The molecule has 0 aliphatic carbocycles. The van der Waals surface area contributed by atoms with Gasteiger partial charge >= 0.3 is 0 Å². The van der Waals surface area contributed by atoms with E-state index in [9.17, 15) is 8.42 Å². The Morgan fingerprint density at radius 1 is 1.38 bits per heavy atom. The summed E-state index contributed by atoms with van der Waals surface area (Å²) in [4.78, 5) is 0.214. The highest BCUT2D eigenvalue weighted by Crippen LogP contribution is 2.05. The quantitative estimate of drug-likeness (QED) is 0.653. The lowest BCUT2D eigenvalue weighted by atomic mass is 10.6. The van der Waals surface area contributed by atoms with Crippen molar-refractivity contribution in [3.8, 4) is 0 Å².